The number of hydrogen-bond acceptors (Lipinski definition) is 3. The highest BCUT2D eigenvalue weighted by molar-refractivity contribution is 6.11. The van der Waals surface area contributed by atoms with Gasteiger partial charge in [0, 0.05) is 43.9 Å². The molecule has 11 aromatic rings. The Labute approximate surface area is 292 Å². The van der Waals surface area contributed by atoms with Crippen molar-refractivity contribution in [2.24, 2.45) is 0 Å². The summed E-state index contributed by atoms with van der Waals surface area (Å²) in [6.07, 6.45) is 1.80. The minimum Gasteiger partial charge on any atom is -0.453 e. The average molecular weight is 653 g/mol. The zero-order chi connectivity index (χ0) is 33.5. The summed E-state index contributed by atoms with van der Waals surface area (Å²) in [6, 6.07) is 57.9. The van der Waals surface area contributed by atoms with Crippen LogP contribution in [0, 0.1) is 0 Å². The van der Waals surface area contributed by atoms with Crippen LogP contribution in [0.5, 0.6) is 0 Å². The highest BCUT2D eigenvalue weighted by Gasteiger charge is 2.17. The average Bonchev–Trinajstić information content (AvgIpc) is 3.85. The lowest BCUT2D eigenvalue weighted by Crippen LogP contribution is -1.96. The fourth-order valence-electron chi connectivity index (χ4n) is 7.87. The lowest BCUT2D eigenvalue weighted by atomic mass is 10.0. The van der Waals surface area contributed by atoms with Gasteiger partial charge < -0.3 is 13.6 Å². The van der Waals surface area contributed by atoms with Crippen molar-refractivity contribution in [1.82, 2.24) is 19.1 Å². The number of hydrogen-bond donors (Lipinski definition) is 0. The van der Waals surface area contributed by atoms with Gasteiger partial charge in [-0.1, -0.05) is 109 Å². The largest absolute Gasteiger partial charge is 0.453 e. The van der Waals surface area contributed by atoms with Gasteiger partial charge in [0.25, 0.3) is 0 Å². The number of fused-ring (bicyclic) bond motifs is 9. The van der Waals surface area contributed by atoms with Gasteiger partial charge in [0.2, 0.25) is 0 Å². The Bertz CT molecular complexity index is 3090. The summed E-state index contributed by atoms with van der Waals surface area (Å²) in [6.45, 7) is 0. The second-order valence-corrected chi connectivity index (χ2v) is 13.1. The molecule has 0 aliphatic rings. The third-order valence-corrected chi connectivity index (χ3v) is 10.2. The molecular formula is C46H28N4O. The molecule has 0 amide bonds. The lowest BCUT2D eigenvalue weighted by molar-refractivity contribution is 0.666. The van der Waals surface area contributed by atoms with Crippen LogP contribution in [0.2, 0.25) is 0 Å². The number of furan rings is 1. The number of nitrogens with zero attached hydrogens (tertiary/aromatic N) is 4. The summed E-state index contributed by atoms with van der Waals surface area (Å²) < 4.78 is 11.0. The number of aromatic nitrogens is 4. The molecule has 0 spiro atoms. The summed E-state index contributed by atoms with van der Waals surface area (Å²) >= 11 is 0. The van der Waals surface area contributed by atoms with Crippen molar-refractivity contribution in [1.29, 1.82) is 0 Å². The first kappa shape index (κ1) is 27.9. The standard InChI is InChI=1S/C46H28N4O/c1-2-11-29(12-3-1)30-21-23-37-36-17-6-9-20-41(36)50(42(37)26-30)32-14-10-13-31(25-32)46-47-28-44-45(48-46)38-27-33(22-24-43(38)51-44)49-39-18-7-4-15-34(39)35-16-5-8-19-40(35)49/h1-28H. The van der Waals surface area contributed by atoms with E-state index < -0.39 is 0 Å². The van der Waals surface area contributed by atoms with Crippen LogP contribution in [0.15, 0.2) is 174 Å². The van der Waals surface area contributed by atoms with E-state index >= 15 is 0 Å². The molecule has 0 N–H and O–H groups in total. The zero-order valence-electron chi connectivity index (χ0n) is 27.4. The van der Waals surface area contributed by atoms with E-state index in [1.165, 1.54) is 43.7 Å². The minimum absolute atomic E-state index is 0.653. The third-order valence-electron chi connectivity index (χ3n) is 10.2. The molecule has 0 aliphatic heterocycles. The molecule has 0 atom stereocenters. The maximum Gasteiger partial charge on any atom is 0.172 e. The maximum absolute atomic E-state index is 6.28. The second-order valence-electron chi connectivity index (χ2n) is 13.1. The summed E-state index contributed by atoms with van der Waals surface area (Å²) in [5.74, 6) is 0.653. The van der Waals surface area contributed by atoms with E-state index in [0.717, 1.165) is 44.5 Å². The maximum atomic E-state index is 6.28. The molecule has 0 aliphatic carbocycles. The van der Waals surface area contributed by atoms with Crippen molar-refractivity contribution in [3.8, 4) is 33.9 Å². The van der Waals surface area contributed by atoms with Gasteiger partial charge >= 0.3 is 0 Å². The number of benzene rings is 7. The Morgan fingerprint density at radius 2 is 1.00 bits per heavy atom. The summed E-state index contributed by atoms with van der Waals surface area (Å²) in [7, 11) is 0. The molecule has 0 bridgehead atoms. The van der Waals surface area contributed by atoms with Gasteiger partial charge in [-0.2, -0.15) is 0 Å². The van der Waals surface area contributed by atoms with E-state index in [2.05, 4.69) is 167 Å². The van der Waals surface area contributed by atoms with Crippen molar-refractivity contribution in [3.05, 3.63) is 170 Å². The van der Waals surface area contributed by atoms with Crippen LogP contribution in [0.25, 0.3) is 99.6 Å². The van der Waals surface area contributed by atoms with Gasteiger partial charge in [-0.3, -0.25) is 0 Å². The van der Waals surface area contributed by atoms with Crippen LogP contribution in [-0.4, -0.2) is 19.1 Å². The van der Waals surface area contributed by atoms with Crippen LogP contribution in [0.4, 0.5) is 0 Å². The van der Waals surface area contributed by atoms with Gasteiger partial charge in [-0.05, 0) is 65.7 Å². The van der Waals surface area contributed by atoms with Crippen molar-refractivity contribution >= 4 is 65.7 Å². The topological polar surface area (TPSA) is 48.8 Å². The molecule has 11 rings (SSSR count). The second kappa shape index (κ2) is 10.8. The van der Waals surface area contributed by atoms with Crippen molar-refractivity contribution in [2.45, 2.75) is 0 Å². The normalized spacial score (nSPS) is 11.9. The molecule has 0 saturated heterocycles. The SMILES string of the molecule is c1ccc(-c2ccc3c4ccccc4n(-c4cccc(-c5ncc6oc7ccc(-n8c9ccccc9c9ccccc98)cc7c6n5)c4)c3c2)cc1. The predicted octanol–water partition coefficient (Wildman–Crippen LogP) is 11.9. The summed E-state index contributed by atoms with van der Waals surface area (Å²) in [5, 5.41) is 5.86. The molecular weight excluding hydrogens is 625 g/mol. The molecule has 0 radical (unpaired) electrons. The minimum atomic E-state index is 0.653. The van der Waals surface area contributed by atoms with Crippen LogP contribution in [-0.2, 0) is 0 Å². The zero-order valence-corrected chi connectivity index (χ0v) is 27.4. The van der Waals surface area contributed by atoms with Crippen LogP contribution < -0.4 is 0 Å². The third kappa shape index (κ3) is 4.22. The molecule has 0 fully saturated rings. The molecule has 5 nitrogen and oxygen atoms in total. The summed E-state index contributed by atoms with van der Waals surface area (Å²) in [4.78, 5) is 9.97. The lowest BCUT2D eigenvalue weighted by Gasteiger charge is -2.11. The fraction of sp³-hybridized carbons (Fsp3) is 0. The molecule has 7 aromatic carbocycles. The monoisotopic (exact) mass is 652 g/mol. The van der Waals surface area contributed by atoms with Gasteiger partial charge in [-0.25, -0.2) is 9.97 Å². The Balaban J connectivity index is 1.07. The Morgan fingerprint density at radius 3 is 1.73 bits per heavy atom. The van der Waals surface area contributed by atoms with E-state index in [1.807, 2.05) is 6.07 Å². The fourth-order valence-corrected chi connectivity index (χ4v) is 7.87. The summed E-state index contributed by atoms with van der Waals surface area (Å²) in [5.41, 5.74) is 12.3. The Kier molecular flexibility index (Phi) is 5.89. The highest BCUT2D eigenvalue weighted by atomic mass is 16.3. The van der Waals surface area contributed by atoms with Crippen LogP contribution in [0.1, 0.15) is 0 Å². The van der Waals surface area contributed by atoms with Gasteiger partial charge in [-0.15, -0.1) is 0 Å². The van der Waals surface area contributed by atoms with Crippen molar-refractivity contribution < 1.29 is 4.42 Å². The van der Waals surface area contributed by atoms with Gasteiger partial charge in [0.1, 0.15) is 11.1 Å². The Hall–Kier alpha value is -6.98. The van der Waals surface area contributed by atoms with Gasteiger partial charge in [0.05, 0.1) is 28.3 Å². The predicted molar refractivity (Wildman–Crippen MR) is 209 cm³/mol. The van der Waals surface area contributed by atoms with Crippen LogP contribution in [0.3, 0.4) is 0 Å². The molecule has 5 heteroatoms. The Morgan fingerprint density at radius 1 is 0.392 bits per heavy atom. The quantitative estimate of drug-likeness (QED) is 0.190. The van der Waals surface area contributed by atoms with E-state index in [1.54, 1.807) is 6.20 Å². The van der Waals surface area contributed by atoms with E-state index in [4.69, 9.17) is 14.4 Å². The first-order valence-electron chi connectivity index (χ1n) is 17.2. The first-order chi connectivity index (χ1) is 25.3. The molecule has 51 heavy (non-hydrogen) atoms. The number of rotatable bonds is 4. The highest BCUT2D eigenvalue weighted by Crippen LogP contribution is 2.37. The smallest absolute Gasteiger partial charge is 0.172 e. The van der Waals surface area contributed by atoms with Crippen molar-refractivity contribution in [3.63, 3.8) is 0 Å². The molecule has 4 aromatic heterocycles. The molecule has 238 valence electrons. The first-order valence-corrected chi connectivity index (χ1v) is 17.2. The molecule has 0 saturated carbocycles. The number of para-hydroxylation sites is 3. The van der Waals surface area contributed by atoms with Gasteiger partial charge in [0.15, 0.2) is 11.4 Å². The van der Waals surface area contributed by atoms with E-state index in [0.29, 0.717) is 11.4 Å². The van der Waals surface area contributed by atoms with Crippen molar-refractivity contribution in [2.75, 3.05) is 0 Å². The van der Waals surface area contributed by atoms with E-state index in [9.17, 15) is 0 Å². The van der Waals surface area contributed by atoms with E-state index in [-0.39, 0.29) is 0 Å². The molecule has 0 unspecified atom stereocenters. The molecule has 4 heterocycles. The van der Waals surface area contributed by atoms with Crippen LogP contribution >= 0.6 is 0 Å².